The number of hydrogen-bond acceptors (Lipinski definition) is 4. The summed E-state index contributed by atoms with van der Waals surface area (Å²) >= 11 is 12.0. The molecule has 104 valence electrons. The zero-order chi connectivity index (χ0) is 14.9. The molecule has 5 nitrogen and oxygen atoms in total. The smallest absolute Gasteiger partial charge is 0.293 e. The molecule has 0 fully saturated rings. The highest BCUT2D eigenvalue weighted by molar-refractivity contribution is 6.33. The molecule has 2 aromatic carbocycles. The second kappa shape index (κ2) is 5.56. The number of nitro groups is 1. The normalized spacial score (nSPS) is 10.3. The van der Waals surface area contributed by atoms with Crippen molar-refractivity contribution in [3.8, 4) is 11.5 Å². The molecule has 2 N–H and O–H groups in total. The summed E-state index contributed by atoms with van der Waals surface area (Å²) in [5.41, 5.74) is 6.28. The number of rotatable bonds is 3. The van der Waals surface area contributed by atoms with Gasteiger partial charge in [-0.3, -0.25) is 10.1 Å². The van der Waals surface area contributed by atoms with E-state index in [4.69, 9.17) is 33.7 Å². The number of benzene rings is 2. The molecule has 0 saturated carbocycles. The summed E-state index contributed by atoms with van der Waals surface area (Å²) in [5.74, 6) is 0.605. The third-order valence-corrected chi connectivity index (χ3v) is 3.18. The highest BCUT2D eigenvalue weighted by Gasteiger charge is 2.17. The lowest BCUT2D eigenvalue weighted by molar-refractivity contribution is -0.383. The molecule has 2 rings (SSSR count). The first-order valence-electron chi connectivity index (χ1n) is 5.56. The van der Waals surface area contributed by atoms with Crippen LogP contribution in [-0.2, 0) is 0 Å². The van der Waals surface area contributed by atoms with Crippen LogP contribution in [-0.4, -0.2) is 4.92 Å². The molecule has 0 atom stereocenters. The summed E-state index contributed by atoms with van der Waals surface area (Å²) in [6.45, 7) is 1.90. The van der Waals surface area contributed by atoms with Crippen LogP contribution in [0.25, 0.3) is 0 Å². The van der Waals surface area contributed by atoms with Gasteiger partial charge in [-0.15, -0.1) is 0 Å². The number of anilines is 1. The Morgan fingerprint density at radius 3 is 2.40 bits per heavy atom. The Bertz CT molecular complexity index is 690. The molecule has 0 aliphatic rings. The molecular weight excluding hydrogens is 303 g/mol. The van der Waals surface area contributed by atoms with E-state index in [9.17, 15) is 10.1 Å². The number of nitrogen functional groups attached to an aromatic ring is 1. The van der Waals surface area contributed by atoms with Crippen LogP contribution in [0.2, 0.25) is 10.0 Å². The number of halogens is 2. The lowest BCUT2D eigenvalue weighted by atomic mass is 10.2. The molecule has 0 spiro atoms. The zero-order valence-electron chi connectivity index (χ0n) is 10.4. The predicted octanol–water partition coefficient (Wildman–Crippen LogP) is 4.58. The van der Waals surface area contributed by atoms with Gasteiger partial charge in [0.15, 0.2) is 0 Å². The van der Waals surface area contributed by atoms with Gasteiger partial charge in [0.25, 0.3) is 5.69 Å². The van der Waals surface area contributed by atoms with Crippen LogP contribution in [0.3, 0.4) is 0 Å². The number of hydrogen-bond donors (Lipinski definition) is 1. The Morgan fingerprint density at radius 1 is 1.15 bits per heavy atom. The fourth-order valence-electron chi connectivity index (χ4n) is 1.60. The van der Waals surface area contributed by atoms with E-state index in [1.54, 1.807) is 12.1 Å². The Labute approximate surface area is 125 Å². The summed E-state index contributed by atoms with van der Waals surface area (Å²) in [5, 5.41) is 11.2. The average molecular weight is 313 g/mol. The third kappa shape index (κ3) is 2.95. The second-order valence-electron chi connectivity index (χ2n) is 4.13. The van der Waals surface area contributed by atoms with E-state index in [0.29, 0.717) is 10.8 Å². The number of ether oxygens (including phenoxy) is 1. The maximum atomic E-state index is 10.7. The van der Waals surface area contributed by atoms with Gasteiger partial charge in [0.2, 0.25) is 0 Å². The van der Waals surface area contributed by atoms with E-state index in [2.05, 4.69) is 0 Å². The van der Waals surface area contributed by atoms with Crippen molar-refractivity contribution in [2.45, 2.75) is 6.92 Å². The minimum absolute atomic E-state index is 0.0300. The van der Waals surface area contributed by atoms with Gasteiger partial charge in [-0.25, -0.2) is 0 Å². The maximum Gasteiger partial charge on any atom is 0.293 e. The summed E-state index contributed by atoms with van der Waals surface area (Å²) in [4.78, 5) is 10.1. The second-order valence-corrected chi connectivity index (χ2v) is 4.95. The molecule has 0 amide bonds. The first-order valence-corrected chi connectivity index (χ1v) is 6.31. The van der Waals surface area contributed by atoms with Crippen LogP contribution in [0.4, 0.5) is 11.4 Å². The van der Waals surface area contributed by atoms with Crippen molar-refractivity contribution in [2.75, 3.05) is 5.73 Å². The molecule has 0 bridgehead atoms. The Morgan fingerprint density at radius 2 is 1.80 bits per heavy atom. The van der Waals surface area contributed by atoms with Crippen molar-refractivity contribution in [1.29, 1.82) is 0 Å². The Balaban J connectivity index is 2.39. The van der Waals surface area contributed by atoms with Gasteiger partial charge in [-0.05, 0) is 24.6 Å². The fraction of sp³-hybridized carbons (Fsp3) is 0.0769. The van der Waals surface area contributed by atoms with Crippen LogP contribution in [0, 0.1) is 17.0 Å². The van der Waals surface area contributed by atoms with Crippen molar-refractivity contribution >= 4 is 34.6 Å². The van der Waals surface area contributed by atoms with Gasteiger partial charge in [0, 0.05) is 12.1 Å². The molecule has 0 radical (unpaired) electrons. The summed E-state index contributed by atoms with van der Waals surface area (Å²) in [6.07, 6.45) is 0. The van der Waals surface area contributed by atoms with E-state index in [-0.39, 0.29) is 22.1 Å². The van der Waals surface area contributed by atoms with E-state index in [1.165, 1.54) is 6.07 Å². The number of nitrogens with zero attached hydrogens (tertiary/aromatic N) is 1. The van der Waals surface area contributed by atoms with Crippen molar-refractivity contribution in [2.24, 2.45) is 0 Å². The van der Waals surface area contributed by atoms with Crippen molar-refractivity contribution in [1.82, 2.24) is 0 Å². The molecule has 20 heavy (non-hydrogen) atoms. The van der Waals surface area contributed by atoms with Crippen molar-refractivity contribution in [3.63, 3.8) is 0 Å². The minimum atomic E-state index is -0.607. The molecular formula is C13H10Cl2N2O3. The molecule has 0 aliphatic heterocycles. The van der Waals surface area contributed by atoms with Crippen LogP contribution in [0.5, 0.6) is 11.5 Å². The van der Waals surface area contributed by atoms with Gasteiger partial charge in [0.05, 0.1) is 15.0 Å². The van der Waals surface area contributed by atoms with Gasteiger partial charge in [0.1, 0.15) is 17.2 Å². The van der Waals surface area contributed by atoms with Gasteiger partial charge >= 0.3 is 0 Å². The van der Waals surface area contributed by atoms with Crippen LogP contribution < -0.4 is 10.5 Å². The molecule has 0 aliphatic carbocycles. The number of nitro benzene ring substituents is 1. The van der Waals surface area contributed by atoms with Crippen LogP contribution in [0.1, 0.15) is 5.56 Å². The van der Waals surface area contributed by atoms with E-state index < -0.39 is 4.92 Å². The average Bonchev–Trinajstić information content (AvgIpc) is 2.36. The first-order chi connectivity index (χ1) is 9.38. The number of nitrogens with two attached hydrogens (primary N) is 1. The van der Waals surface area contributed by atoms with Crippen LogP contribution in [0.15, 0.2) is 30.3 Å². The van der Waals surface area contributed by atoms with Gasteiger partial charge in [-0.1, -0.05) is 29.3 Å². The molecule has 2 aromatic rings. The summed E-state index contributed by atoms with van der Waals surface area (Å²) < 4.78 is 5.54. The third-order valence-electron chi connectivity index (χ3n) is 2.59. The molecule has 0 unspecified atom stereocenters. The Hall–Kier alpha value is -1.98. The highest BCUT2D eigenvalue weighted by atomic mass is 35.5. The molecule has 0 saturated heterocycles. The highest BCUT2D eigenvalue weighted by Crippen LogP contribution is 2.38. The number of aryl methyl sites for hydroxylation is 1. The SMILES string of the molecule is Cc1ccc(Oc2cc(N)c([N+](=O)[O-])cc2Cl)c(Cl)c1. The van der Waals surface area contributed by atoms with E-state index in [1.807, 2.05) is 13.0 Å². The topological polar surface area (TPSA) is 78.4 Å². The first kappa shape index (κ1) is 14.4. The summed E-state index contributed by atoms with van der Waals surface area (Å²) in [7, 11) is 0. The van der Waals surface area contributed by atoms with Crippen LogP contribution >= 0.6 is 23.2 Å². The molecule has 0 aromatic heterocycles. The van der Waals surface area contributed by atoms with Crippen molar-refractivity contribution in [3.05, 3.63) is 56.1 Å². The standard InChI is InChI=1S/C13H10Cl2N2O3/c1-7-2-3-12(8(14)4-7)20-13-6-10(16)11(17(18)19)5-9(13)15/h2-6H,16H2,1H3. The van der Waals surface area contributed by atoms with Gasteiger partial charge in [-0.2, -0.15) is 0 Å². The minimum Gasteiger partial charge on any atom is -0.454 e. The lowest BCUT2D eigenvalue weighted by Gasteiger charge is -2.10. The van der Waals surface area contributed by atoms with E-state index in [0.717, 1.165) is 11.6 Å². The van der Waals surface area contributed by atoms with Gasteiger partial charge < -0.3 is 10.5 Å². The quantitative estimate of drug-likeness (QED) is 0.511. The monoisotopic (exact) mass is 312 g/mol. The Kier molecular flexibility index (Phi) is 4.01. The predicted molar refractivity (Wildman–Crippen MR) is 78.8 cm³/mol. The van der Waals surface area contributed by atoms with E-state index >= 15 is 0 Å². The lowest BCUT2D eigenvalue weighted by Crippen LogP contribution is -1.97. The zero-order valence-corrected chi connectivity index (χ0v) is 11.9. The largest absolute Gasteiger partial charge is 0.454 e. The molecule has 7 heteroatoms. The maximum absolute atomic E-state index is 10.7. The fourth-order valence-corrected chi connectivity index (χ4v) is 2.07. The molecule has 0 heterocycles. The van der Waals surface area contributed by atoms with Crippen molar-refractivity contribution < 1.29 is 9.66 Å². The summed E-state index contributed by atoms with van der Waals surface area (Å²) in [6, 6.07) is 7.69.